The topological polar surface area (TPSA) is 55.4 Å². The molecule has 0 aromatic heterocycles. The van der Waals surface area contributed by atoms with E-state index in [0.717, 1.165) is 17.2 Å². The van der Waals surface area contributed by atoms with Gasteiger partial charge in [-0.25, -0.2) is 9.18 Å². The molecular formula is C17H16FNO3. The number of hydrogen-bond acceptors (Lipinski definition) is 3. The van der Waals surface area contributed by atoms with Crippen LogP contribution in [0, 0.1) is 19.7 Å². The predicted octanol–water partition coefficient (Wildman–Crippen LogP) is 3.48. The van der Waals surface area contributed by atoms with E-state index in [1.54, 1.807) is 12.1 Å². The van der Waals surface area contributed by atoms with Crippen LogP contribution in [0.1, 0.15) is 31.8 Å². The van der Waals surface area contributed by atoms with Crippen LogP contribution in [0.25, 0.3) is 0 Å². The van der Waals surface area contributed by atoms with E-state index < -0.39 is 17.7 Å². The number of anilines is 1. The Bertz CT molecular complexity index is 741. The van der Waals surface area contributed by atoms with Gasteiger partial charge in [0.25, 0.3) is 5.91 Å². The number of carbonyl (C=O) groups excluding carboxylic acids is 2. The quantitative estimate of drug-likeness (QED) is 0.883. The summed E-state index contributed by atoms with van der Waals surface area (Å²) in [6, 6.07) is 8.99. The third kappa shape index (κ3) is 3.14. The van der Waals surface area contributed by atoms with E-state index >= 15 is 0 Å². The first-order chi connectivity index (χ1) is 10.4. The predicted molar refractivity (Wildman–Crippen MR) is 81.6 cm³/mol. The van der Waals surface area contributed by atoms with Crippen molar-refractivity contribution in [2.45, 2.75) is 13.8 Å². The molecule has 2 rings (SSSR count). The van der Waals surface area contributed by atoms with Crippen LogP contribution in [0.4, 0.5) is 10.1 Å². The Morgan fingerprint density at radius 2 is 1.86 bits per heavy atom. The van der Waals surface area contributed by atoms with E-state index in [2.05, 4.69) is 10.1 Å². The smallest absolute Gasteiger partial charge is 0.337 e. The van der Waals surface area contributed by atoms with Gasteiger partial charge >= 0.3 is 5.97 Å². The molecule has 0 heterocycles. The van der Waals surface area contributed by atoms with Crippen LogP contribution < -0.4 is 5.32 Å². The van der Waals surface area contributed by atoms with Gasteiger partial charge in [0.1, 0.15) is 5.82 Å². The van der Waals surface area contributed by atoms with Crippen molar-refractivity contribution in [1.82, 2.24) is 0 Å². The molecule has 0 fully saturated rings. The first-order valence-electron chi connectivity index (χ1n) is 6.69. The van der Waals surface area contributed by atoms with Gasteiger partial charge in [-0.3, -0.25) is 4.79 Å². The molecule has 0 aliphatic carbocycles. The number of esters is 1. The minimum absolute atomic E-state index is 0.0613. The second-order valence-corrected chi connectivity index (χ2v) is 4.89. The monoisotopic (exact) mass is 301 g/mol. The van der Waals surface area contributed by atoms with Gasteiger partial charge in [0.05, 0.1) is 18.4 Å². The van der Waals surface area contributed by atoms with Crippen LogP contribution in [0.5, 0.6) is 0 Å². The normalized spacial score (nSPS) is 10.2. The van der Waals surface area contributed by atoms with E-state index in [1.807, 2.05) is 19.9 Å². The number of methoxy groups -OCH3 is 1. The first-order valence-corrected chi connectivity index (χ1v) is 6.69. The summed E-state index contributed by atoms with van der Waals surface area (Å²) in [5, 5.41) is 2.49. The summed E-state index contributed by atoms with van der Waals surface area (Å²) in [5.41, 5.74) is 2.36. The molecule has 0 spiro atoms. The van der Waals surface area contributed by atoms with Gasteiger partial charge in [0, 0.05) is 5.56 Å². The zero-order valence-electron chi connectivity index (χ0n) is 12.6. The van der Waals surface area contributed by atoms with Crippen LogP contribution in [0.3, 0.4) is 0 Å². The number of rotatable bonds is 3. The van der Waals surface area contributed by atoms with Gasteiger partial charge in [0.2, 0.25) is 0 Å². The van der Waals surface area contributed by atoms with Gasteiger partial charge in [-0.15, -0.1) is 0 Å². The highest BCUT2D eigenvalue weighted by Gasteiger charge is 2.15. The largest absolute Gasteiger partial charge is 0.465 e. The fraction of sp³-hybridized carbons (Fsp3) is 0.176. The molecule has 1 N–H and O–H groups in total. The summed E-state index contributed by atoms with van der Waals surface area (Å²) < 4.78 is 18.4. The zero-order valence-corrected chi connectivity index (χ0v) is 12.6. The van der Waals surface area contributed by atoms with Gasteiger partial charge in [-0.05, 0) is 49.2 Å². The van der Waals surface area contributed by atoms with Gasteiger partial charge in [-0.1, -0.05) is 12.1 Å². The van der Waals surface area contributed by atoms with Crippen molar-refractivity contribution in [3.05, 3.63) is 64.5 Å². The maximum Gasteiger partial charge on any atom is 0.337 e. The van der Waals surface area contributed by atoms with Gasteiger partial charge in [0.15, 0.2) is 0 Å². The van der Waals surface area contributed by atoms with E-state index in [4.69, 9.17) is 0 Å². The maximum absolute atomic E-state index is 13.8. The minimum atomic E-state index is -0.619. The Hall–Kier alpha value is -2.69. The minimum Gasteiger partial charge on any atom is -0.465 e. The van der Waals surface area contributed by atoms with Crippen LogP contribution in [0.15, 0.2) is 36.4 Å². The molecule has 5 heteroatoms. The maximum atomic E-state index is 13.8. The fourth-order valence-electron chi connectivity index (χ4n) is 2.05. The van der Waals surface area contributed by atoms with Crippen LogP contribution in [-0.2, 0) is 4.74 Å². The number of amides is 1. The molecule has 114 valence electrons. The average molecular weight is 301 g/mol. The standard InChI is InChI=1S/C17H16FNO3/c1-10-5-4-6-13(11(10)2)16(20)19-15-9-12(17(21)22-3)7-8-14(15)18/h4-9H,1-3H3,(H,19,20). The van der Waals surface area contributed by atoms with Crippen molar-refractivity contribution in [1.29, 1.82) is 0 Å². The van der Waals surface area contributed by atoms with Gasteiger partial charge in [-0.2, -0.15) is 0 Å². The van der Waals surface area contributed by atoms with Crippen molar-refractivity contribution in [3.8, 4) is 0 Å². The molecule has 2 aromatic rings. The Kier molecular flexibility index (Phi) is 4.56. The number of ether oxygens (including phenoxy) is 1. The lowest BCUT2D eigenvalue weighted by atomic mass is 10.0. The summed E-state index contributed by atoms with van der Waals surface area (Å²) in [6.07, 6.45) is 0. The number of carbonyl (C=O) groups is 2. The fourth-order valence-corrected chi connectivity index (χ4v) is 2.05. The Morgan fingerprint density at radius 1 is 1.14 bits per heavy atom. The molecule has 1 amide bonds. The number of halogens is 1. The molecule has 2 aromatic carbocycles. The van der Waals surface area contributed by atoms with Gasteiger partial charge < -0.3 is 10.1 Å². The first kappa shape index (κ1) is 15.7. The summed E-state index contributed by atoms with van der Waals surface area (Å²) in [5.74, 6) is -1.64. The highest BCUT2D eigenvalue weighted by atomic mass is 19.1. The third-order valence-corrected chi connectivity index (χ3v) is 3.48. The number of nitrogens with one attached hydrogen (secondary N) is 1. The van der Waals surface area contributed by atoms with Crippen molar-refractivity contribution < 1.29 is 18.7 Å². The molecule has 0 aliphatic heterocycles. The lowest BCUT2D eigenvalue weighted by Gasteiger charge is -2.11. The highest BCUT2D eigenvalue weighted by Crippen LogP contribution is 2.19. The van der Waals surface area contributed by atoms with Crippen LogP contribution in [-0.4, -0.2) is 19.0 Å². The zero-order chi connectivity index (χ0) is 16.3. The Balaban J connectivity index is 2.32. The lowest BCUT2D eigenvalue weighted by molar-refractivity contribution is 0.0600. The average Bonchev–Trinajstić information content (AvgIpc) is 2.51. The van der Waals surface area contributed by atoms with Crippen LogP contribution >= 0.6 is 0 Å². The van der Waals surface area contributed by atoms with Crippen molar-refractivity contribution in [2.75, 3.05) is 12.4 Å². The summed E-state index contributed by atoms with van der Waals surface area (Å²) in [4.78, 5) is 23.8. The summed E-state index contributed by atoms with van der Waals surface area (Å²) in [7, 11) is 1.24. The van der Waals surface area contributed by atoms with E-state index in [0.29, 0.717) is 5.56 Å². The number of hydrogen-bond donors (Lipinski definition) is 1. The van der Waals surface area contributed by atoms with Crippen molar-refractivity contribution in [3.63, 3.8) is 0 Å². The molecule has 0 aliphatic rings. The van der Waals surface area contributed by atoms with Crippen molar-refractivity contribution in [2.24, 2.45) is 0 Å². The number of aryl methyl sites for hydroxylation is 1. The highest BCUT2D eigenvalue weighted by molar-refractivity contribution is 6.06. The molecular weight excluding hydrogens is 285 g/mol. The molecule has 0 atom stereocenters. The molecule has 22 heavy (non-hydrogen) atoms. The Morgan fingerprint density at radius 3 is 2.55 bits per heavy atom. The van der Waals surface area contributed by atoms with Crippen LogP contribution in [0.2, 0.25) is 0 Å². The second kappa shape index (κ2) is 6.39. The molecule has 0 saturated carbocycles. The molecule has 4 nitrogen and oxygen atoms in total. The molecule has 0 saturated heterocycles. The molecule has 0 radical (unpaired) electrons. The summed E-state index contributed by atoms with van der Waals surface area (Å²) in [6.45, 7) is 3.72. The van der Waals surface area contributed by atoms with E-state index in [1.165, 1.54) is 19.2 Å². The lowest BCUT2D eigenvalue weighted by Crippen LogP contribution is -2.15. The summed E-state index contributed by atoms with van der Waals surface area (Å²) >= 11 is 0. The SMILES string of the molecule is COC(=O)c1ccc(F)c(NC(=O)c2cccc(C)c2C)c1. The molecule has 0 unspecified atom stereocenters. The second-order valence-electron chi connectivity index (χ2n) is 4.89. The van der Waals surface area contributed by atoms with Crippen molar-refractivity contribution >= 4 is 17.6 Å². The van der Waals surface area contributed by atoms with E-state index in [9.17, 15) is 14.0 Å². The van der Waals surface area contributed by atoms with E-state index in [-0.39, 0.29) is 11.3 Å². The third-order valence-electron chi connectivity index (χ3n) is 3.48. The Labute approximate surface area is 127 Å². The molecule has 0 bridgehead atoms. The number of benzene rings is 2.